The summed E-state index contributed by atoms with van der Waals surface area (Å²) < 4.78 is 11.5. The van der Waals surface area contributed by atoms with E-state index in [1.165, 1.54) is 0 Å². The van der Waals surface area contributed by atoms with Crippen LogP contribution in [0.25, 0.3) is 0 Å². The van der Waals surface area contributed by atoms with Crippen LogP contribution in [0.4, 0.5) is 0 Å². The van der Waals surface area contributed by atoms with Crippen molar-refractivity contribution in [1.82, 2.24) is 10.2 Å². The normalized spacial score (nSPS) is 17.9. The van der Waals surface area contributed by atoms with Crippen molar-refractivity contribution in [2.45, 2.75) is 39.7 Å². The van der Waals surface area contributed by atoms with Gasteiger partial charge in [0.15, 0.2) is 11.5 Å². The number of piperazine rings is 1. The van der Waals surface area contributed by atoms with Gasteiger partial charge in [-0.25, -0.2) is 0 Å². The first kappa shape index (κ1) is 17.6. The standard InChI is InChI=1S/C18H28N2O3/c1-4-10-22-16-7-6-15(12-17(16)23-11-5-2)18(21)20-9-8-19-14(3)13-20/h6-7,12,14,19H,4-5,8-11,13H2,1-3H3. The maximum absolute atomic E-state index is 12.7. The molecular weight excluding hydrogens is 292 g/mol. The second-order valence-corrected chi connectivity index (χ2v) is 5.96. The molecule has 1 saturated heterocycles. The molecule has 5 nitrogen and oxygen atoms in total. The van der Waals surface area contributed by atoms with Crippen LogP contribution in [0.3, 0.4) is 0 Å². The zero-order chi connectivity index (χ0) is 16.7. The molecule has 0 aromatic heterocycles. The quantitative estimate of drug-likeness (QED) is 0.839. The summed E-state index contributed by atoms with van der Waals surface area (Å²) in [6.07, 6.45) is 1.85. The number of amides is 1. The molecule has 1 fully saturated rings. The van der Waals surface area contributed by atoms with Crippen LogP contribution in [0.15, 0.2) is 18.2 Å². The Morgan fingerprint density at radius 3 is 2.57 bits per heavy atom. The maximum Gasteiger partial charge on any atom is 0.254 e. The van der Waals surface area contributed by atoms with Gasteiger partial charge in [0, 0.05) is 31.2 Å². The van der Waals surface area contributed by atoms with E-state index in [2.05, 4.69) is 26.1 Å². The highest BCUT2D eigenvalue weighted by Crippen LogP contribution is 2.29. The van der Waals surface area contributed by atoms with E-state index >= 15 is 0 Å². The van der Waals surface area contributed by atoms with E-state index in [1.54, 1.807) is 0 Å². The van der Waals surface area contributed by atoms with Crippen LogP contribution < -0.4 is 14.8 Å². The Hall–Kier alpha value is -1.75. The monoisotopic (exact) mass is 320 g/mol. The fraction of sp³-hybridized carbons (Fsp3) is 0.611. The minimum Gasteiger partial charge on any atom is -0.490 e. The van der Waals surface area contributed by atoms with Crippen molar-refractivity contribution in [1.29, 1.82) is 0 Å². The lowest BCUT2D eigenvalue weighted by molar-refractivity contribution is 0.0708. The number of ether oxygens (including phenoxy) is 2. The van der Waals surface area contributed by atoms with Crippen molar-refractivity contribution < 1.29 is 14.3 Å². The van der Waals surface area contributed by atoms with Crippen LogP contribution in [0, 0.1) is 0 Å². The Bertz CT molecular complexity index is 519. The highest BCUT2D eigenvalue weighted by molar-refractivity contribution is 5.95. The van der Waals surface area contributed by atoms with Gasteiger partial charge in [-0.3, -0.25) is 4.79 Å². The number of hydrogen-bond acceptors (Lipinski definition) is 4. The molecule has 1 atom stereocenters. The molecule has 1 aromatic carbocycles. The highest BCUT2D eigenvalue weighted by Gasteiger charge is 2.22. The molecule has 0 saturated carbocycles. The predicted molar refractivity (Wildman–Crippen MR) is 91.4 cm³/mol. The molecule has 0 spiro atoms. The Labute approximate surface area is 139 Å². The van der Waals surface area contributed by atoms with Crippen LogP contribution >= 0.6 is 0 Å². The van der Waals surface area contributed by atoms with E-state index in [1.807, 2.05) is 23.1 Å². The fourth-order valence-corrected chi connectivity index (χ4v) is 2.60. The van der Waals surface area contributed by atoms with Gasteiger partial charge < -0.3 is 19.7 Å². The Balaban J connectivity index is 2.15. The molecule has 1 N–H and O–H groups in total. The van der Waals surface area contributed by atoms with Gasteiger partial charge in [-0.2, -0.15) is 0 Å². The van der Waals surface area contributed by atoms with Gasteiger partial charge in [0.1, 0.15) is 0 Å². The lowest BCUT2D eigenvalue weighted by atomic mass is 10.1. The summed E-state index contributed by atoms with van der Waals surface area (Å²) in [5.41, 5.74) is 0.661. The summed E-state index contributed by atoms with van der Waals surface area (Å²) in [6, 6.07) is 5.82. The number of nitrogens with zero attached hydrogens (tertiary/aromatic N) is 1. The molecule has 1 amide bonds. The molecule has 1 aromatic rings. The van der Waals surface area contributed by atoms with E-state index < -0.39 is 0 Å². The Morgan fingerprint density at radius 2 is 1.91 bits per heavy atom. The molecule has 128 valence electrons. The van der Waals surface area contributed by atoms with Gasteiger partial charge in [0.25, 0.3) is 5.91 Å². The molecule has 0 radical (unpaired) electrons. The number of nitrogens with one attached hydrogen (secondary N) is 1. The molecule has 2 rings (SSSR count). The molecule has 1 heterocycles. The van der Waals surface area contributed by atoms with Crippen molar-refractivity contribution in [3.63, 3.8) is 0 Å². The van der Waals surface area contributed by atoms with Gasteiger partial charge in [-0.1, -0.05) is 13.8 Å². The summed E-state index contributed by atoms with van der Waals surface area (Å²) >= 11 is 0. The first-order chi connectivity index (χ1) is 11.2. The topological polar surface area (TPSA) is 50.8 Å². The summed E-state index contributed by atoms with van der Waals surface area (Å²) in [6.45, 7) is 9.79. The number of hydrogen-bond donors (Lipinski definition) is 1. The maximum atomic E-state index is 12.7. The zero-order valence-corrected chi connectivity index (χ0v) is 14.4. The lowest BCUT2D eigenvalue weighted by Gasteiger charge is -2.32. The van der Waals surface area contributed by atoms with E-state index in [0.717, 1.165) is 32.5 Å². The van der Waals surface area contributed by atoms with Crippen molar-refractivity contribution in [3.8, 4) is 11.5 Å². The van der Waals surface area contributed by atoms with Crippen LogP contribution in [0.2, 0.25) is 0 Å². The van der Waals surface area contributed by atoms with Crippen LogP contribution in [0.5, 0.6) is 11.5 Å². The molecular formula is C18H28N2O3. The van der Waals surface area contributed by atoms with Crippen LogP contribution in [0.1, 0.15) is 44.0 Å². The van der Waals surface area contributed by atoms with Crippen LogP contribution in [-0.4, -0.2) is 49.7 Å². The molecule has 0 bridgehead atoms. The summed E-state index contributed by atoms with van der Waals surface area (Å²) in [5, 5.41) is 3.35. The second kappa shape index (κ2) is 8.77. The molecule has 23 heavy (non-hydrogen) atoms. The highest BCUT2D eigenvalue weighted by atomic mass is 16.5. The van der Waals surface area contributed by atoms with Crippen molar-refractivity contribution in [3.05, 3.63) is 23.8 Å². The van der Waals surface area contributed by atoms with Gasteiger partial charge in [0.2, 0.25) is 0 Å². The minimum atomic E-state index is 0.0572. The van der Waals surface area contributed by atoms with Crippen molar-refractivity contribution in [2.75, 3.05) is 32.8 Å². The van der Waals surface area contributed by atoms with E-state index in [-0.39, 0.29) is 5.91 Å². The van der Waals surface area contributed by atoms with E-state index in [0.29, 0.717) is 36.3 Å². The minimum absolute atomic E-state index is 0.0572. The predicted octanol–water partition coefficient (Wildman–Crippen LogP) is 2.70. The summed E-state index contributed by atoms with van der Waals surface area (Å²) in [4.78, 5) is 14.6. The average molecular weight is 320 g/mol. The third kappa shape index (κ3) is 4.86. The van der Waals surface area contributed by atoms with E-state index in [4.69, 9.17) is 9.47 Å². The number of carbonyl (C=O) groups is 1. The molecule has 0 aliphatic carbocycles. The van der Waals surface area contributed by atoms with Crippen molar-refractivity contribution >= 4 is 5.91 Å². The van der Waals surface area contributed by atoms with Gasteiger partial charge in [-0.05, 0) is 38.0 Å². The average Bonchev–Trinajstić information content (AvgIpc) is 2.57. The molecule has 1 aliphatic rings. The summed E-state index contributed by atoms with van der Waals surface area (Å²) in [7, 11) is 0. The molecule has 5 heteroatoms. The molecule has 1 unspecified atom stereocenters. The number of carbonyl (C=O) groups excluding carboxylic acids is 1. The second-order valence-electron chi connectivity index (χ2n) is 5.96. The SMILES string of the molecule is CCCOc1ccc(C(=O)N2CCNC(C)C2)cc1OCCC. The largest absolute Gasteiger partial charge is 0.490 e. The third-order valence-corrected chi connectivity index (χ3v) is 3.77. The van der Waals surface area contributed by atoms with Crippen molar-refractivity contribution in [2.24, 2.45) is 0 Å². The fourth-order valence-electron chi connectivity index (χ4n) is 2.60. The zero-order valence-electron chi connectivity index (χ0n) is 14.4. The van der Waals surface area contributed by atoms with E-state index in [9.17, 15) is 4.79 Å². The Morgan fingerprint density at radius 1 is 1.22 bits per heavy atom. The third-order valence-electron chi connectivity index (χ3n) is 3.77. The molecule has 1 aliphatic heterocycles. The van der Waals surface area contributed by atoms with Gasteiger partial charge in [0.05, 0.1) is 13.2 Å². The number of rotatable bonds is 7. The smallest absolute Gasteiger partial charge is 0.254 e. The van der Waals surface area contributed by atoms with Gasteiger partial charge in [-0.15, -0.1) is 0 Å². The van der Waals surface area contributed by atoms with Gasteiger partial charge >= 0.3 is 0 Å². The summed E-state index contributed by atoms with van der Waals surface area (Å²) in [5.74, 6) is 1.43. The Kier molecular flexibility index (Phi) is 6.71. The first-order valence-electron chi connectivity index (χ1n) is 8.58. The number of benzene rings is 1. The first-order valence-corrected chi connectivity index (χ1v) is 8.58. The van der Waals surface area contributed by atoms with Crippen LogP contribution in [-0.2, 0) is 0 Å². The lowest BCUT2D eigenvalue weighted by Crippen LogP contribution is -2.51.